The third-order valence-electron chi connectivity index (χ3n) is 2.69. The summed E-state index contributed by atoms with van der Waals surface area (Å²) in [6, 6.07) is 3.13. The van der Waals surface area contributed by atoms with Crippen molar-refractivity contribution in [2.45, 2.75) is 30.9 Å². The van der Waals surface area contributed by atoms with E-state index in [2.05, 4.69) is 0 Å². The molecule has 0 radical (unpaired) electrons. The average Bonchev–Trinajstić information content (AvgIpc) is 2.35. The highest BCUT2D eigenvalue weighted by molar-refractivity contribution is 5.28. The topological polar surface area (TPSA) is 20.2 Å². The van der Waals surface area contributed by atoms with Crippen LogP contribution in [0.3, 0.4) is 0 Å². The zero-order valence-electron chi connectivity index (χ0n) is 10.0. The van der Waals surface area contributed by atoms with Gasteiger partial charge >= 0.3 is 18.0 Å². The minimum Gasteiger partial charge on any atom is -0.396 e. The predicted octanol–water partition coefficient (Wildman–Crippen LogP) is 3.90. The van der Waals surface area contributed by atoms with Crippen molar-refractivity contribution < 1.29 is 35.8 Å². The van der Waals surface area contributed by atoms with Crippen molar-refractivity contribution in [3.8, 4) is 0 Å². The Labute approximate surface area is 110 Å². The van der Waals surface area contributed by atoms with Gasteiger partial charge in [0.15, 0.2) is 0 Å². The molecule has 0 aliphatic carbocycles. The van der Waals surface area contributed by atoms with Crippen LogP contribution in [0.1, 0.15) is 17.5 Å². The normalized spacial score (nSPS) is 13.6. The molecule has 20 heavy (non-hydrogen) atoms. The first-order chi connectivity index (χ1) is 9.04. The molecule has 0 unspecified atom stereocenters. The van der Waals surface area contributed by atoms with Crippen LogP contribution in [0.25, 0.3) is 0 Å². The van der Waals surface area contributed by atoms with Gasteiger partial charge in [0.1, 0.15) is 0 Å². The molecule has 1 aromatic rings. The lowest BCUT2D eigenvalue weighted by Gasteiger charge is -2.28. The van der Waals surface area contributed by atoms with Crippen molar-refractivity contribution in [2.24, 2.45) is 0 Å². The fourth-order valence-corrected chi connectivity index (χ4v) is 1.52. The Morgan fingerprint density at radius 2 is 1.35 bits per heavy atom. The van der Waals surface area contributed by atoms with E-state index in [1.807, 2.05) is 0 Å². The molecule has 1 N–H and O–H groups in total. The van der Waals surface area contributed by atoms with Crippen LogP contribution in [0.5, 0.6) is 0 Å². The summed E-state index contributed by atoms with van der Waals surface area (Å²) < 4.78 is 88.2. The second-order valence-corrected chi connectivity index (χ2v) is 4.17. The van der Waals surface area contributed by atoms with Crippen LogP contribution >= 0.6 is 0 Å². The maximum atomic E-state index is 13.3. The highest BCUT2D eigenvalue weighted by Gasteiger charge is 2.73. The van der Waals surface area contributed by atoms with Gasteiger partial charge in [0.25, 0.3) is 0 Å². The Morgan fingerprint density at radius 1 is 0.850 bits per heavy atom. The molecule has 1 rings (SSSR count). The van der Waals surface area contributed by atoms with E-state index in [1.165, 1.54) is 0 Å². The minimum atomic E-state index is -6.34. The van der Waals surface area contributed by atoms with E-state index in [1.54, 1.807) is 0 Å². The summed E-state index contributed by atoms with van der Waals surface area (Å²) in [5, 5.41) is 8.56. The average molecular weight is 304 g/mol. The van der Waals surface area contributed by atoms with Gasteiger partial charge in [0.05, 0.1) is 0 Å². The van der Waals surface area contributed by atoms with Gasteiger partial charge in [-0.3, -0.25) is 0 Å². The monoisotopic (exact) mass is 304 g/mol. The molecule has 0 aliphatic heterocycles. The van der Waals surface area contributed by atoms with Gasteiger partial charge < -0.3 is 5.11 Å². The number of hydrogen-bond donors (Lipinski definition) is 1. The first-order valence-corrected chi connectivity index (χ1v) is 5.56. The number of rotatable bonds is 5. The van der Waals surface area contributed by atoms with Gasteiger partial charge in [-0.2, -0.15) is 30.7 Å². The molecule has 0 amide bonds. The zero-order chi connectivity index (χ0) is 15.6. The maximum absolute atomic E-state index is 13.3. The summed E-state index contributed by atoms with van der Waals surface area (Å²) >= 11 is 0. The summed E-state index contributed by atoms with van der Waals surface area (Å²) in [5.41, 5.74) is -0.957. The lowest BCUT2D eigenvalue weighted by atomic mass is 9.99. The van der Waals surface area contributed by atoms with E-state index in [0.29, 0.717) is 30.5 Å². The molecule has 0 saturated carbocycles. The highest BCUT2D eigenvalue weighted by Crippen LogP contribution is 2.51. The molecule has 0 atom stereocenters. The molecule has 0 heterocycles. The summed E-state index contributed by atoms with van der Waals surface area (Å²) in [6.07, 6.45) is -5.71. The van der Waals surface area contributed by atoms with Crippen LogP contribution in [0, 0.1) is 0 Å². The molecule has 1 aromatic carbocycles. The third kappa shape index (κ3) is 3.05. The van der Waals surface area contributed by atoms with E-state index in [4.69, 9.17) is 5.11 Å². The zero-order valence-corrected chi connectivity index (χ0v) is 10.0. The molecule has 114 valence electrons. The van der Waals surface area contributed by atoms with Crippen LogP contribution in [-0.4, -0.2) is 23.8 Å². The lowest BCUT2D eigenvalue weighted by Crippen LogP contribution is -2.50. The van der Waals surface area contributed by atoms with Crippen molar-refractivity contribution >= 4 is 0 Å². The Morgan fingerprint density at radius 3 is 1.75 bits per heavy atom. The van der Waals surface area contributed by atoms with Gasteiger partial charge in [0.2, 0.25) is 0 Å². The second-order valence-electron chi connectivity index (χ2n) is 4.17. The Bertz CT molecular complexity index is 436. The van der Waals surface area contributed by atoms with Crippen molar-refractivity contribution in [1.29, 1.82) is 0 Å². The molecule has 8 heteroatoms. The van der Waals surface area contributed by atoms with Crippen LogP contribution in [-0.2, 0) is 12.3 Å². The van der Waals surface area contributed by atoms with E-state index < -0.39 is 23.6 Å². The van der Waals surface area contributed by atoms with E-state index in [9.17, 15) is 30.7 Å². The molecule has 0 saturated heterocycles. The number of alkyl halides is 7. The number of aryl methyl sites for hydroxylation is 1. The Hall–Kier alpha value is -1.31. The van der Waals surface area contributed by atoms with Gasteiger partial charge in [-0.05, 0) is 18.4 Å². The van der Waals surface area contributed by atoms with E-state index in [-0.39, 0.29) is 6.61 Å². The summed E-state index contributed by atoms with van der Waals surface area (Å²) in [4.78, 5) is 0. The smallest absolute Gasteiger partial charge is 0.396 e. The lowest BCUT2D eigenvalue weighted by molar-refractivity contribution is -0.359. The molecule has 0 aliphatic rings. The maximum Gasteiger partial charge on any atom is 0.460 e. The molecular weight excluding hydrogens is 293 g/mol. The molecule has 0 spiro atoms. The van der Waals surface area contributed by atoms with Crippen LogP contribution in [0.4, 0.5) is 30.7 Å². The SMILES string of the molecule is OCCCc1ccc(C(F)(F)C(F)(F)C(F)(F)F)cc1. The molecule has 0 aromatic heterocycles. The second kappa shape index (κ2) is 5.59. The summed E-state index contributed by atoms with van der Waals surface area (Å²) in [5.74, 6) is -11.5. The van der Waals surface area contributed by atoms with Crippen LogP contribution in [0.15, 0.2) is 24.3 Å². The number of halogens is 7. The number of hydrogen-bond acceptors (Lipinski definition) is 1. The number of benzene rings is 1. The van der Waals surface area contributed by atoms with Crippen molar-refractivity contribution in [1.82, 2.24) is 0 Å². The van der Waals surface area contributed by atoms with Crippen molar-refractivity contribution in [3.05, 3.63) is 35.4 Å². The fraction of sp³-hybridized carbons (Fsp3) is 0.500. The quantitative estimate of drug-likeness (QED) is 0.818. The van der Waals surface area contributed by atoms with Gasteiger partial charge in [-0.1, -0.05) is 24.3 Å². The van der Waals surface area contributed by atoms with Crippen LogP contribution < -0.4 is 0 Å². The number of aliphatic hydroxyl groups is 1. The van der Waals surface area contributed by atoms with Gasteiger partial charge in [-0.15, -0.1) is 0 Å². The van der Waals surface area contributed by atoms with E-state index in [0.717, 1.165) is 12.1 Å². The van der Waals surface area contributed by atoms with Gasteiger partial charge in [-0.25, -0.2) is 0 Å². The first-order valence-electron chi connectivity index (χ1n) is 5.56. The minimum absolute atomic E-state index is 0.149. The summed E-state index contributed by atoms with van der Waals surface area (Å²) in [6.45, 7) is -0.149. The van der Waals surface area contributed by atoms with Gasteiger partial charge in [0, 0.05) is 12.2 Å². The Kier molecular flexibility index (Phi) is 4.68. The summed E-state index contributed by atoms with van der Waals surface area (Å²) in [7, 11) is 0. The third-order valence-corrected chi connectivity index (χ3v) is 2.69. The molecule has 0 fully saturated rings. The predicted molar refractivity (Wildman–Crippen MR) is 56.7 cm³/mol. The van der Waals surface area contributed by atoms with Crippen molar-refractivity contribution in [2.75, 3.05) is 6.61 Å². The van der Waals surface area contributed by atoms with Crippen LogP contribution in [0.2, 0.25) is 0 Å². The largest absolute Gasteiger partial charge is 0.460 e. The highest BCUT2D eigenvalue weighted by atomic mass is 19.4. The standard InChI is InChI=1S/C12H11F7O/c13-10(14,11(15,16)12(17,18)19)9-5-3-8(4-6-9)2-1-7-20/h3-6,20H,1-2,7H2. The van der Waals surface area contributed by atoms with E-state index >= 15 is 0 Å². The fourth-order valence-electron chi connectivity index (χ4n) is 1.52. The molecular formula is C12H11F7O. The Balaban J connectivity index is 3.04. The number of aliphatic hydroxyl groups excluding tert-OH is 1. The molecule has 1 nitrogen and oxygen atoms in total. The van der Waals surface area contributed by atoms with Crippen molar-refractivity contribution in [3.63, 3.8) is 0 Å². The first kappa shape index (κ1) is 16.7. The molecule has 0 bridgehead atoms.